The quantitative estimate of drug-likeness (QED) is 0.895. The van der Waals surface area contributed by atoms with Crippen LogP contribution in [-0.4, -0.2) is 39.8 Å². The molecule has 7 heteroatoms. The van der Waals surface area contributed by atoms with Gasteiger partial charge in [0.05, 0.1) is 5.69 Å². The van der Waals surface area contributed by atoms with Gasteiger partial charge in [0, 0.05) is 54.2 Å². The summed E-state index contributed by atoms with van der Waals surface area (Å²) in [5.74, 6) is -0.124. The Morgan fingerprint density at radius 2 is 1.85 bits per heavy atom. The van der Waals surface area contributed by atoms with Gasteiger partial charge in [0.25, 0.3) is 0 Å². The van der Waals surface area contributed by atoms with Gasteiger partial charge < -0.3 is 10.6 Å². The molecule has 2 aromatic rings. The minimum atomic E-state index is -0.245. The molecule has 0 bridgehead atoms. The summed E-state index contributed by atoms with van der Waals surface area (Å²) in [5.41, 5.74) is 7.53. The highest BCUT2D eigenvalue weighted by Crippen LogP contribution is 2.35. The first-order valence-electron chi connectivity index (χ1n) is 9.09. The fourth-order valence-corrected chi connectivity index (χ4v) is 4.96. The predicted octanol–water partition coefficient (Wildman–Crippen LogP) is 2.03. The number of aryl methyl sites for hydroxylation is 1. The number of carbonyl (C=O) groups excluding carboxylic acids is 2. The van der Waals surface area contributed by atoms with Crippen molar-refractivity contribution < 1.29 is 9.59 Å². The van der Waals surface area contributed by atoms with E-state index in [2.05, 4.69) is 4.98 Å². The lowest BCUT2D eigenvalue weighted by molar-refractivity contribution is -0.139. The van der Waals surface area contributed by atoms with Crippen molar-refractivity contribution in [3.8, 4) is 10.6 Å². The second kappa shape index (κ2) is 7.15. The van der Waals surface area contributed by atoms with Crippen molar-refractivity contribution in [2.24, 2.45) is 17.6 Å². The number of nitrogens with two attached hydrogens (primary N) is 1. The molecule has 2 amide bonds. The first-order valence-corrected chi connectivity index (χ1v) is 9.90. The summed E-state index contributed by atoms with van der Waals surface area (Å²) in [4.78, 5) is 36.2. The van der Waals surface area contributed by atoms with E-state index in [1.54, 1.807) is 23.7 Å². The first-order chi connectivity index (χ1) is 12.6. The second-order valence-electron chi connectivity index (χ2n) is 7.07. The van der Waals surface area contributed by atoms with Crippen LogP contribution in [0.1, 0.15) is 29.8 Å². The van der Waals surface area contributed by atoms with Crippen LogP contribution in [0.5, 0.6) is 0 Å². The molecule has 1 unspecified atom stereocenters. The van der Waals surface area contributed by atoms with Crippen LogP contribution in [0.3, 0.4) is 0 Å². The van der Waals surface area contributed by atoms with E-state index in [1.165, 1.54) is 4.88 Å². The second-order valence-corrected chi connectivity index (χ2v) is 8.15. The Morgan fingerprint density at radius 1 is 1.12 bits per heavy atom. The number of rotatable bonds is 3. The molecule has 0 aromatic carbocycles. The number of pyridine rings is 1. The van der Waals surface area contributed by atoms with Crippen molar-refractivity contribution in [2.75, 3.05) is 13.1 Å². The maximum atomic E-state index is 12.9. The van der Waals surface area contributed by atoms with E-state index >= 15 is 0 Å². The number of piperidine rings is 1. The van der Waals surface area contributed by atoms with E-state index in [0.29, 0.717) is 32.4 Å². The van der Waals surface area contributed by atoms with Gasteiger partial charge in [-0.3, -0.25) is 14.6 Å². The molecule has 26 heavy (non-hydrogen) atoms. The van der Waals surface area contributed by atoms with Crippen LogP contribution in [0, 0.1) is 11.8 Å². The highest BCUT2D eigenvalue weighted by atomic mass is 32.1. The minimum absolute atomic E-state index is 0.0000167. The number of hydrogen-bond acceptors (Lipinski definition) is 5. The molecular formula is C19H22N4O2S. The van der Waals surface area contributed by atoms with Gasteiger partial charge in [-0.05, 0) is 37.8 Å². The van der Waals surface area contributed by atoms with E-state index in [0.717, 1.165) is 29.1 Å². The average Bonchev–Trinajstić information content (AvgIpc) is 3.11. The van der Waals surface area contributed by atoms with Crippen LogP contribution in [0.25, 0.3) is 10.6 Å². The van der Waals surface area contributed by atoms with Crippen LogP contribution in [0.15, 0.2) is 24.5 Å². The zero-order valence-corrected chi connectivity index (χ0v) is 15.4. The number of carbonyl (C=O) groups is 2. The Bertz CT molecular complexity index is 812. The highest BCUT2D eigenvalue weighted by Gasteiger charge is 2.33. The number of nitrogens with zero attached hydrogens (tertiary/aromatic N) is 3. The summed E-state index contributed by atoms with van der Waals surface area (Å²) >= 11 is 1.73. The predicted molar refractivity (Wildman–Crippen MR) is 99.4 cm³/mol. The van der Waals surface area contributed by atoms with E-state index in [-0.39, 0.29) is 23.7 Å². The van der Waals surface area contributed by atoms with Crippen molar-refractivity contribution in [3.63, 3.8) is 0 Å². The molecular weight excluding hydrogens is 348 g/mol. The summed E-state index contributed by atoms with van der Waals surface area (Å²) in [7, 11) is 0. The largest absolute Gasteiger partial charge is 0.369 e. The molecule has 136 valence electrons. The van der Waals surface area contributed by atoms with Gasteiger partial charge in [-0.1, -0.05) is 0 Å². The van der Waals surface area contributed by atoms with Crippen LogP contribution in [0.4, 0.5) is 0 Å². The molecule has 1 aliphatic heterocycles. The molecule has 1 atom stereocenters. The number of primary amides is 1. The molecule has 2 N–H and O–H groups in total. The van der Waals surface area contributed by atoms with E-state index < -0.39 is 0 Å². The Labute approximate surface area is 156 Å². The number of hydrogen-bond donors (Lipinski definition) is 1. The zero-order chi connectivity index (χ0) is 18.1. The van der Waals surface area contributed by atoms with E-state index in [4.69, 9.17) is 10.7 Å². The summed E-state index contributed by atoms with van der Waals surface area (Å²) < 4.78 is 0. The van der Waals surface area contributed by atoms with Crippen LogP contribution in [-0.2, 0) is 22.4 Å². The lowest BCUT2D eigenvalue weighted by atomic mass is 9.88. The van der Waals surface area contributed by atoms with Crippen LogP contribution >= 0.6 is 11.3 Å². The normalized spacial score (nSPS) is 20.6. The smallest absolute Gasteiger partial charge is 0.226 e. The molecule has 1 saturated heterocycles. The summed E-state index contributed by atoms with van der Waals surface area (Å²) in [6.45, 7) is 1.27. The number of likely N-dealkylation sites (tertiary alicyclic amines) is 1. The maximum Gasteiger partial charge on any atom is 0.226 e. The fraction of sp³-hybridized carbons (Fsp3) is 0.474. The van der Waals surface area contributed by atoms with Crippen molar-refractivity contribution in [3.05, 3.63) is 35.1 Å². The third-order valence-corrected chi connectivity index (χ3v) is 6.63. The number of amides is 2. The Balaban J connectivity index is 1.43. The minimum Gasteiger partial charge on any atom is -0.369 e. The van der Waals surface area contributed by atoms with Crippen molar-refractivity contribution in [1.82, 2.24) is 14.9 Å². The third kappa shape index (κ3) is 3.35. The van der Waals surface area contributed by atoms with Gasteiger partial charge in [-0.25, -0.2) is 4.98 Å². The average molecular weight is 370 g/mol. The molecule has 0 radical (unpaired) electrons. The topological polar surface area (TPSA) is 89.2 Å². The molecule has 1 aliphatic carbocycles. The fourth-order valence-electron chi connectivity index (χ4n) is 3.85. The van der Waals surface area contributed by atoms with Crippen LogP contribution in [0.2, 0.25) is 0 Å². The van der Waals surface area contributed by atoms with E-state index in [1.807, 2.05) is 17.0 Å². The monoisotopic (exact) mass is 370 g/mol. The van der Waals surface area contributed by atoms with Crippen molar-refractivity contribution >= 4 is 23.2 Å². The Kier molecular flexibility index (Phi) is 4.72. The third-order valence-electron chi connectivity index (χ3n) is 5.42. The molecule has 0 saturated carbocycles. The van der Waals surface area contributed by atoms with Gasteiger partial charge in [0.1, 0.15) is 5.01 Å². The molecule has 0 spiro atoms. The van der Waals surface area contributed by atoms with Gasteiger partial charge >= 0.3 is 0 Å². The number of fused-ring (bicyclic) bond motifs is 1. The lowest BCUT2D eigenvalue weighted by Gasteiger charge is -2.34. The van der Waals surface area contributed by atoms with Gasteiger partial charge in [0.15, 0.2) is 0 Å². The lowest BCUT2D eigenvalue weighted by Crippen LogP contribution is -2.45. The molecule has 2 aromatic heterocycles. The SMILES string of the molecule is NC(=O)C1CCN(C(=O)C2CCc3sc(-c4ccncc4)nc3C2)CC1. The standard InChI is InChI=1S/C19H22N4O2S/c20-17(24)12-5-9-23(10-6-12)19(25)14-1-2-16-15(11-14)22-18(26-16)13-3-7-21-8-4-13/h3-4,7-8,12,14H,1-2,5-6,9-11H2,(H2,20,24). The van der Waals surface area contributed by atoms with E-state index in [9.17, 15) is 9.59 Å². The van der Waals surface area contributed by atoms with Crippen molar-refractivity contribution in [2.45, 2.75) is 32.1 Å². The first kappa shape index (κ1) is 17.1. The highest BCUT2D eigenvalue weighted by molar-refractivity contribution is 7.15. The molecule has 6 nitrogen and oxygen atoms in total. The summed E-state index contributed by atoms with van der Waals surface area (Å²) in [5, 5.41) is 1.01. The van der Waals surface area contributed by atoms with Crippen molar-refractivity contribution in [1.29, 1.82) is 0 Å². The maximum absolute atomic E-state index is 12.9. The number of aromatic nitrogens is 2. The Morgan fingerprint density at radius 3 is 2.54 bits per heavy atom. The molecule has 1 fully saturated rings. The molecule has 3 heterocycles. The summed E-state index contributed by atoms with van der Waals surface area (Å²) in [6.07, 6.45) is 7.41. The number of thiazole rings is 1. The Hall–Kier alpha value is -2.28. The summed E-state index contributed by atoms with van der Waals surface area (Å²) in [6, 6.07) is 3.94. The van der Waals surface area contributed by atoms with Crippen LogP contribution < -0.4 is 5.73 Å². The molecule has 4 rings (SSSR count). The molecule has 2 aliphatic rings. The van der Waals surface area contributed by atoms with Gasteiger partial charge in [0.2, 0.25) is 11.8 Å². The van der Waals surface area contributed by atoms with Gasteiger partial charge in [-0.15, -0.1) is 11.3 Å². The zero-order valence-electron chi connectivity index (χ0n) is 14.6. The van der Waals surface area contributed by atoms with Gasteiger partial charge in [-0.2, -0.15) is 0 Å².